The van der Waals surface area contributed by atoms with Crippen molar-refractivity contribution in [2.24, 2.45) is 0 Å². The lowest BCUT2D eigenvalue weighted by Crippen LogP contribution is -2.37. The fraction of sp³-hybridized carbons (Fsp3) is 0.364. The first-order valence-corrected chi connectivity index (χ1v) is 10.0. The van der Waals surface area contributed by atoms with Crippen LogP contribution in [0, 0.1) is 0 Å². The van der Waals surface area contributed by atoms with Gasteiger partial charge in [-0.1, -0.05) is 67.9 Å². The van der Waals surface area contributed by atoms with Gasteiger partial charge in [0.15, 0.2) is 0 Å². The Morgan fingerprint density at radius 3 is 2.29 bits per heavy atom. The van der Waals surface area contributed by atoms with Crippen LogP contribution >= 0.6 is 11.6 Å². The van der Waals surface area contributed by atoms with Crippen LogP contribution < -0.4 is 10.6 Å². The zero-order chi connectivity index (χ0) is 20.4. The highest BCUT2D eigenvalue weighted by atomic mass is 35.5. The summed E-state index contributed by atoms with van der Waals surface area (Å²) in [5.41, 5.74) is 1.27. The number of nitrogens with zero attached hydrogens (tertiary/aromatic N) is 1. The molecule has 0 saturated heterocycles. The molecule has 6 heteroatoms. The van der Waals surface area contributed by atoms with Gasteiger partial charge >= 0.3 is 0 Å². The van der Waals surface area contributed by atoms with Gasteiger partial charge in [0.25, 0.3) is 5.91 Å². The smallest absolute Gasteiger partial charge is 0.253 e. The SMILES string of the molecule is CCN(CC)CCNC(=O)CC(NC(=O)c1ccccc1Cl)c1ccccc1. The number of nitrogens with one attached hydrogen (secondary N) is 2. The molecule has 0 heterocycles. The molecule has 0 saturated carbocycles. The van der Waals surface area contributed by atoms with Crippen LogP contribution in [-0.2, 0) is 4.79 Å². The van der Waals surface area contributed by atoms with Crippen LogP contribution in [0.1, 0.15) is 42.2 Å². The van der Waals surface area contributed by atoms with E-state index in [0.29, 0.717) is 17.1 Å². The lowest BCUT2D eigenvalue weighted by atomic mass is 10.0. The standard InChI is InChI=1S/C22H28ClN3O2/c1-3-26(4-2)15-14-24-21(27)16-20(17-10-6-5-7-11-17)25-22(28)18-12-8-9-13-19(18)23/h5-13,20H,3-4,14-16H2,1-2H3,(H,24,27)(H,25,28). The minimum Gasteiger partial charge on any atom is -0.355 e. The average molecular weight is 402 g/mol. The van der Waals surface area contributed by atoms with Gasteiger partial charge in [-0.05, 0) is 30.8 Å². The van der Waals surface area contributed by atoms with E-state index in [1.807, 2.05) is 30.3 Å². The van der Waals surface area contributed by atoms with Crippen molar-refractivity contribution in [3.63, 3.8) is 0 Å². The first kappa shape index (κ1) is 21.9. The molecule has 0 aliphatic carbocycles. The van der Waals surface area contributed by atoms with Gasteiger partial charge in [0.2, 0.25) is 5.91 Å². The van der Waals surface area contributed by atoms with Gasteiger partial charge in [-0.2, -0.15) is 0 Å². The summed E-state index contributed by atoms with van der Waals surface area (Å²) in [5, 5.41) is 6.28. The van der Waals surface area contributed by atoms with E-state index in [-0.39, 0.29) is 18.2 Å². The fourth-order valence-electron chi connectivity index (χ4n) is 2.97. The molecule has 0 aliphatic rings. The maximum atomic E-state index is 12.7. The molecule has 1 atom stereocenters. The predicted molar refractivity (Wildman–Crippen MR) is 114 cm³/mol. The molecule has 2 amide bonds. The predicted octanol–water partition coefficient (Wildman–Crippen LogP) is 3.66. The number of amides is 2. The zero-order valence-electron chi connectivity index (χ0n) is 16.5. The molecule has 2 aromatic rings. The lowest BCUT2D eigenvalue weighted by Gasteiger charge is -2.21. The summed E-state index contributed by atoms with van der Waals surface area (Å²) in [6.07, 6.45) is 0.165. The Morgan fingerprint density at radius 2 is 1.64 bits per heavy atom. The molecular weight excluding hydrogens is 374 g/mol. The highest BCUT2D eigenvalue weighted by Gasteiger charge is 2.20. The Morgan fingerprint density at radius 1 is 1.00 bits per heavy atom. The van der Waals surface area contributed by atoms with E-state index >= 15 is 0 Å². The zero-order valence-corrected chi connectivity index (χ0v) is 17.2. The second-order valence-electron chi connectivity index (χ2n) is 6.50. The molecule has 28 heavy (non-hydrogen) atoms. The van der Waals surface area contributed by atoms with Crippen molar-refractivity contribution in [3.8, 4) is 0 Å². The largest absolute Gasteiger partial charge is 0.355 e. The van der Waals surface area contributed by atoms with E-state index in [1.165, 1.54) is 0 Å². The summed E-state index contributed by atoms with van der Waals surface area (Å²) in [4.78, 5) is 27.4. The Hall–Kier alpha value is -2.37. The number of rotatable bonds is 10. The molecule has 0 radical (unpaired) electrons. The van der Waals surface area contributed by atoms with Gasteiger partial charge in [0.1, 0.15) is 0 Å². The number of benzene rings is 2. The third-order valence-corrected chi connectivity index (χ3v) is 4.99. The average Bonchev–Trinajstić information content (AvgIpc) is 2.71. The molecular formula is C22H28ClN3O2. The molecule has 2 rings (SSSR count). The normalized spacial score (nSPS) is 11.9. The summed E-state index contributed by atoms with van der Waals surface area (Å²) >= 11 is 6.14. The van der Waals surface area contributed by atoms with Crippen LogP contribution in [0.3, 0.4) is 0 Å². The van der Waals surface area contributed by atoms with Crippen LogP contribution in [0.5, 0.6) is 0 Å². The first-order valence-electron chi connectivity index (χ1n) is 9.64. The molecule has 0 spiro atoms. The Labute approximate surface area is 172 Å². The fourth-order valence-corrected chi connectivity index (χ4v) is 3.19. The number of carbonyl (C=O) groups excluding carboxylic acids is 2. The number of hydrogen-bond donors (Lipinski definition) is 2. The van der Waals surface area contributed by atoms with Crippen LogP contribution in [0.25, 0.3) is 0 Å². The summed E-state index contributed by atoms with van der Waals surface area (Å²) in [6.45, 7) is 7.49. The van der Waals surface area contributed by atoms with Crippen LogP contribution in [0.4, 0.5) is 0 Å². The molecule has 0 aromatic heterocycles. The molecule has 5 nitrogen and oxygen atoms in total. The van der Waals surface area contributed by atoms with E-state index in [1.54, 1.807) is 24.3 Å². The summed E-state index contributed by atoms with van der Waals surface area (Å²) in [6, 6.07) is 15.9. The molecule has 1 unspecified atom stereocenters. The van der Waals surface area contributed by atoms with Crippen molar-refractivity contribution in [1.29, 1.82) is 0 Å². The maximum Gasteiger partial charge on any atom is 0.253 e. The monoisotopic (exact) mass is 401 g/mol. The van der Waals surface area contributed by atoms with E-state index in [4.69, 9.17) is 11.6 Å². The van der Waals surface area contributed by atoms with Gasteiger partial charge in [0, 0.05) is 13.1 Å². The Bertz CT molecular complexity index is 763. The molecule has 0 aliphatic heterocycles. The van der Waals surface area contributed by atoms with Gasteiger partial charge in [-0.25, -0.2) is 0 Å². The van der Waals surface area contributed by atoms with Crippen LogP contribution in [-0.4, -0.2) is 42.9 Å². The van der Waals surface area contributed by atoms with E-state index in [0.717, 1.165) is 25.2 Å². The van der Waals surface area contributed by atoms with Crippen LogP contribution in [0.15, 0.2) is 54.6 Å². The third-order valence-electron chi connectivity index (χ3n) is 4.66. The van der Waals surface area contributed by atoms with Crippen molar-refractivity contribution in [1.82, 2.24) is 15.5 Å². The number of carbonyl (C=O) groups is 2. The number of hydrogen-bond acceptors (Lipinski definition) is 3. The summed E-state index contributed by atoms with van der Waals surface area (Å²) in [5.74, 6) is -0.393. The van der Waals surface area contributed by atoms with Gasteiger partial charge in [-0.3, -0.25) is 9.59 Å². The number of halogens is 1. The van der Waals surface area contributed by atoms with Crippen molar-refractivity contribution < 1.29 is 9.59 Å². The second kappa shape index (κ2) is 11.5. The Kier molecular flexibility index (Phi) is 8.98. The van der Waals surface area contributed by atoms with E-state index in [9.17, 15) is 9.59 Å². The summed E-state index contributed by atoms with van der Waals surface area (Å²) in [7, 11) is 0. The molecule has 2 N–H and O–H groups in total. The summed E-state index contributed by atoms with van der Waals surface area (Å²) < 4.78 is 0. The third kappa shape index (κ3) is 6.66. The minimum absolute atomic E-state index is 0.0968. The van der Waals surface area contributed by atoms with Gasteiger partial charge in [0.05, 0.1) is 23.0 Å². The van der Waals surface area contributed by atoms with Crippen molar-refractivity contribution in [2.45, 2.75) is 26.3 Å². The molecule has 2 aromatic carbocycles. The Balaban J connectivity index is 2.03. The highest BCUT2D eigenvalue weighted by molar-refractivity contribution is 6.33. The van der Waals surface area contributed by atoms with Crippen molar-refractivity contribution in [3.05, 3.63) is 70.7 Å². The van der Waals surface area contributed by atoms with Gasteiger partial charge in [-0.15, -0.1) is 0 Å². The van der Waals surface area contributed by atoms with Crippen LogP contribution in [0.2, 0.25) is 5.02 Å². The quantitative estimate of drug-likeness (QED) is 0.638. The second-order valence-corrected chi connectivity index (χ2v) is 6.90. The van der Waals surface area contributed by atoms with Crippen molar-refractivity contribution in [2.75, 3.05) is 26.2 Å². The topological polar surface area (TPSA) is 61.4 Å². The number of likely N-dealkylation sites (N-methyl/N-ethyl adjacent to an activating group) is 1. The molecule has 150 valence electrons. The highest BCUT2D eigenvalue weighted by Crippen LogP contribution is 2.20. The van der Waals surface area contributed by atoms with Gasteiger partial charge < -0.3 is 15.5 Å². The molecule has 0 bridgehead atoms. The van der Waals surface area contributed by atoms with Crippen molar-refractivity contribution >= 4 is 23.4 Å². The lowest BCUT2D eigenvalue weighted by molar-refractivity contribution is -0.121. The van der Waals surface area contributed by atoms with E-state index in [2.05, 4.69) is 29.4 Å². The first-order chi connectivity index (χ1) is 13.5. The van der Waals surface area contributed by atoms with E-state index < -0.39 is 6.04 Å². The maximum absolute atomic E-state index is 12.7. The minimum atomic E-state index is -0.432. The molecule has 0 fully saturated rings.